The van der Waals surface area contributed by atoms with Gasteiger partial charge in [0, 0.05) is 12.6 Å². The summed E-state index contributed by atoms with van der Waals surface area (Å²) in [6, 6.07) is -0.437. The van der Waals surface area contributed by atoms with E-state index in [0.29, 0.717) is 0 Å². The first-order chi connectivity index (χ1) is 5.85. The molecule has 0 heterocycles. The van der Waals surface area contributed by atoms with Crippen molar-refractivity contribution in [2.24, 2.45) is 5.73 Å². The van der Waals surface area contributed by atoms with Gasteiger partial charge in [-0.05, 0) is 20.8 Å². The Morgan fingerprint density at radius 2 is 2.07 bits per heavy atom. The van der Waals surface area contributed by atoms with Gasteiger partial charge in [-0.2, -0.15) is 0 Å². The lowest BCUT2D eigenvalue weighted by atomic mass is 10.2. The molecule has 0 aliphatic carbocycles. The molecule has 0 spiro atoms. The van der Waals surface area contributed by atoms with Crippen molar-refractivity contribution in [2.45, 2.75) is 32.4 Å². The van der Waals surface area contributed by atoms with Crippen molar-refractivity contribution in [2.75, 3.05) is 13.2 Å². The summed E-state index contributed by atoms with van der Waals surface area (Å²) in [7, 11) is 0. The summed E-state index contributed by atoms with van der Waals surface area (Å²) < 4.78 is 4.95. The molecule has 0 radical (unpaired) electrons. The van der Waals surface area contributed by atoms with Crippen LogP contribution in [0.5, 0.6) is 0 Å². The van der Waals surface area contributed by atoms with Crippen molar-refractivity contribution in [1.29, 1.82) is 0 Å². The number of ether oxygens (including phenoxy) is 1. The van der Waals surface area contributed by atoms with Gasteiger partial charge < -0.3 is 20.9 Å². The van der Waals surface area contributed by atoms with Crippen LogP contribution < -0.4 is 11.1 Å². The molecular formula is C8H19ClN2O3. The summed E-state index contributed by atoms with van der Waals surface area (Å²) in [4.78, 5) is 11.0. The van der Waals surface area contributed by atoms with Gasteiger partial charge in [0.15, 0.2) is 0 Å². The first-order valence-corrected chi connectivity index (χ1v) is 4.18. The molecule has 0 aliphatic rings. The molecule has 0 saturated heterocycles. The van der Waals surface area contributed by atoms with Crippen LogP contribution in [0.2, 0.25) is 0 Å². The van der Waals surface area contributed by atoms with E-state index in [1.807, 2.05) is 0 Å². The number of rotatable bonds is 3. The second kappa shape index (κ2) is 6.86. The number of hydrogen-bond donors (Lipinski definition) is 3. The number of carbonyl (C=O) groups is 1. The van der Waals surface area contributed by atoms with Crippen LogP contribution in [0.1, 0.15) is 20.8 Å². The normalized spacial score (nSPS) is 12.6. The summed E-state index contributed by atoms with van der Waals surface area (Å²) in [6.07, 6.45) is -0.517. The zero-order valence-electron chi connectivity index (χ0n) is 8.74. The van der Waals surface area contributed by atoms with E-state index in [1.54, 1.807) is 20.8 Å². The monoisotopic (exact) mass is 226 g/mol. The smallest absolute Gasteiger partial charge is 0.407 e. The van der Waals surface area contributed by atoms with Crippen molar-refractivity contribution in [3.05, 3.63) is 0 Å². The number of alkyl carbamates (subject to hydrolysis) is 1. The third-order valence-corrected chi connectivity index (χ3v) is 1.14. The lowest BCUT2D eigenvalue weighted by molar-refractivity contribution is 0.0521. The minimum Gasteiger partial charge on any atom is -0.444 e. The van der Waals surface area contributed by atoms with Crippen molar-refractivity contribution in [3.63, 3.8) is 0 Å². The molecule has 4 N–H and O–H groups in total. The van der Waals surface area contributed by atoms with E-state index in [4.69, 9.17) is 15.6 Å². The molecule has 0 bridgehead atoms. The third-order valence-electron chi connectivity index (χ3n) is 1.14. The van der Waals surface area contributed by atoms with Crippen LogP contribution in [0.4, 0.5) is 4.79 Å². The second-order valence-electron chi connectivity index (χ2n) is 3.83. The summed E-state index contributed by atoms with van der Waals surface area (Å²) in [5.41, 5.74) is 4.86. The number of nitrogens with two attached hydrogens (primary N) is 1. The standard InChI is InChI=1S/C8H18N2O3.ClH/c1-8(2,3)13-7(12)10-4-6(9)5-11;/h6,11H,4-5,9H2,1-3H3,(H,10,12);1H. The fourth-order valence-electron chi connectivity index (χ4n) is 0.593. The van der Waals surface area contributed by atoms with Crippen LogP contribution in [0.3, 0.4) is 0 Å². The van der Waals surface area contributed by atoms with Gasteiger partial charge in [0.05, 0.1) is 6.61 Å². The van der Waals surface area contributed by atoms with Gasteiger partial charge in [-0.25, -0.2) is 4.79 Å². The second-order valence-corrected chi connectivity index (χ2v) is 3.83. The molecule has 14 heavy (non-hydrogen) atoms. The fourth-order valence-corrected chi connectivity index (χ4v) is 0.593. The SMILES string of the molecule is CC(C)(C)OC(=O)NCC(N)CO.Cl. The molecule has 0 aliphatic heterocycles. The zero-order valence-corrected chi connectivity index (χ0v) is 9.56. The van der Waals surface area contributed by atoms with Crippen LogP contribution in [-0.2, 0) is 4.74 Å². The Balaban J connectivity index is 0. The summed E-state index contributed by atoms with van der Waals surface area (Å²) >= 11 is 0. The minimum atomic E-state index is -0.517. The number of carbonyl (C=O) groups excluding carboxylic acids is 1. The predicted octanol–water partition coefficient (Wildman–Crippen LogP) is 0.253. The lowest BCUT2D eigenvalue weighted by Gasteiger charge is -2.20. The molecule has 6 heteroatoms. The van der Waals surface area contributed by atoms with Gasteiger partial charge in [-0.15, -0.1) is 12.4 Å². The Labute approximate surface area is 90.4 Å². The molecule has 0 saturated carbocycles. The molecule has 1 atom stereocenters. The molecule has 0 rings (SSSR count). The van der Waals surface area contributed by atoms with E-state index in [0.717, 1.165) is 0 Å². The van der Waals surface area contributed by atoms with Gasteiger partial charge in [0.1, 0.15) is 5.60 Å². The molecule has 86 valence electrons. The Bertz CT molecular complexity index is 170. The van der Waals surface area contributed by atoms with Crippen LogP contribution in [0, 0.1) is 0 Å². The van der Waals surface area contributed by atoms with Crippen molar-refractivity contribution in [3.8, 4) is 0 Å². The highest BCUT2D eigenvalue weighted by Gasteiger charge is 2.16. The molecule has 1 unspecified atom stereocenters. The summed E-state index contributed by atoms with van der Waals surface area (Å²) in [6.45, 7) is 5.39. The van der Waals surface area contributed by atoms with E-state index in [2.05, 4.69) is 5.32 Å². The highest BCUT2D eigenvalue weighted by atomic mass is 35.5. The highest BCUT2D eigenvalue weighted by Crippen LogP contribution is 2.05. The lowest BCUT2D eigenvalue weighted by Crippen LogP contribution is -2.41. The molecule has 0 aromatic carbocycles. The third kappa shape index (κ3) is 9.57. The van der Waals surface area contributed by atoms with E-state index >= 15 is 0 Å². The number of aliphatic hydroxyl groups is 1. The van der Waals surface area contributed by atoms with Gasteiger partial charge in [-0.1, -0.05) is 0 Å². The van der Waals surface area contributed by atoms with E-state index in [9.17, 15) is 4.79 Å². The summed E-state index contributed by atoms with van der Waals surface area (Å²) in [5.74, 6) is 0. The average molecular weight is 227 g/mol. The Kier molecular flexibility index (Phi) is 7.81. The molecule has 0 aromatic heterocycles. The van der Waals surface area contributed by atoms with E-state index in [1.165, 1.54) is 0 Å². The van der Waals surface area contributed by atoms with Crippen LogP contribution in [0.25, 0.3) is 0 Å². The molecule has 5 nitrogen and oxygen atoms in total. The highest BCUT2D eigenvalue weighted by molar-refractivity contribution is 5.85. The van der Waals surface area contributed by atoms with Gasteiger partial charge in [0.2, 0.25) is 0 Å². The quantitative estimate of drug-likeness (QED) is 0.644. The number of hydrogen-bond acceptors (Lipinski definition) is 4. The first kappa shape index (κ1) is 15.9. The number of nitrogens with one attached hydrogen (secondary N) is 1. The Morgan fingerprint density at radius 3 is 2.43 bits per heavy atom. The van der Waals surface area contributed by atoms with Gasteiger partial charge in [-0.3, -0.25) is 0 Å². The largest absolute Gasteiger partial charge is 0.444 e. The zero-order chi connectivity index (χ0) is 10.5. The van der Waals surface area contributed by atoms with Crippen molar-refractivity contribution in [1.82, 2.24) is 5.32 Å². The summed E-state index contributed by atoms with van der Waals surface area (Å²) in [5, 5.41) is 11.0. The van der Waals surface area contributed by atoms with E-state index in [-0.39, 0.29) is 25.6 Å². The molecule has 0 fully saturated rings. The number of halogens is 1. The molecule has 0 aromatic rings. The van der Waals surface area contributed by atoms with Gasteiger partial charge >= 0.3 is 6.09 Å². The first-order valence-electron chi connectivity index (χ1n) is 4.18. The minimum absolute atomic E-state index is 0. The van der Waals surface area contributed by atoms with Crippen molar-refractivity contribution >= 4 is 18.5 Å². The maximum Gasteiger partial charge on any atom is 0.407 e. The number of aliphatic hydroxyl groups excluding tert-OH is 1. The molecule has 1 amide bonds. The average Bonchev–Trinajstić information content (AvgIpc) is 1.97. The fraction of sp³-hybridized carbons (Fsp3) is 0.875. The van der Waals surface area contributed by atoms with Crippen molar-refractivity contribution < 1.29 is 14.6 Å². The topological polar surface area (TPSA) is 84.6 Å². The maximum absolute atomic E-state index is 11.0. The van der Waals surface area contributed by atoms with Gasteiger partial charge in [0.25, 0.3) is 0 Å². The maximum atomic E-state index is 11.0. The predicted molar refractivity (Wildman–Crippen MR) is 56.5 cm³/mol. The van der Waals surface area contributed by atoms with Crippen LogP contribution in [0.15, 0.2) is 0 Å². The molecular weight excluding hydrogens is 208 g/mol. The van der Waals surface area contributed by atoms with E-state index < -0.39 is 17.7 Å². The van der Waals surface area contributed by atoms with Crippen LogP contribution in [-0.4, -0.2) is 36.0 Å². The number of amides is 1. The van der Waals surface area contributed by atoms with Crippen LogP contribution >= 0.6 is 12.4 Å². The Hall–Kier alpha value is -0.520. The Morgan fingerprint density at radius 1 is 1.57 bits per heavy atom.